The minimum absolute atomic E-state index is 0.107. The van der Waals surface area contributed by atoms with Gasteiger partial charge in [-0.3, -0.25) is 9.59 Å². The lowest BCUT2D eigenvalue weighted by Crippen LogP contribution is -2.14. The SMILES string of the molecule is O=C(Nc1ccc(N=Nc2ccccc2)c(NC(=O)c2ccc3c(c2)OCO3)c1)c1ccc2c(c1)OCO2. The van der Waals surface area contributed by atoms with Crippen LogP contribution in [0.4, 0.5) is 22.7 Å². The van der Waals surface area contributed by atoms with E-state index in [0.29, 0.717) is 56.9 Å². The smallest absolute Gasteiger partial charge is 0.255 e. The van der Waals surface area contributed by atoms with Gasteiger partial charge in [-0.15, -0.1) is 5.11 Å². The van der Waals surface area contributed by atoms with E-state index >= 15 is 0 Å². The highest BCUT2D eigenvalue weighted by atomic mass is 16.7. The van der Waals surface area contributed by atoms with Gasteiger partial charge in [-0.25, -0.2) is 0 Å². The van der Waals surface area contributed by atoms with Crippen LogP contribution in [0.15, 0.2) is 95.2 Å². The molecule has 10 nitrogen and oxygen atoms in total. The molecule has 4 aromatic rings. The zero-order valence-corrected chi connectivity index (χ0v) is 19.8. The van der Waals surface area contributed by atoms with E-state index in [2.05, 4.69) is 20.9 Å². The standard InChI is InChI=1S/C28H20N4O6/c33-27(17-6-10-23-25(12-17)37-15-35-23)29-20-8-9-21(32-31-19-4-2-1-3-5-19)22(14-20)30-28(34)18-7-11-24-26(13-18)38-16-36-24/h1-14H,15-16H2,(H,29,33)(H,30,34). The summed E-state index contributed by atoms with van der Waals surface area (Å²) in [6.45, 7) is 0.224. The second-order valence-corrected chi connectivity index (χ2v) is 8.31. The van der Waals surface area contributed by atoms with Gasteiger partial charge in [0.05, 0.1) is 11.4 Å². The lowest BCUT2D eigenvalue weighted by molar-refractivity contribution is 0.101. The number of carbonyl (C=O) groups is 2. The van der Waals surface area contributed by atoms with E-state index < -0.39 is 5.91 Å². The first-order valence-corrected chi connectivity index (χ1v) is 11.7. The van der Waals surface area contributed by atoms with Gasteiger partial charge >= 0.3 is 0 Å². The molecule has 0 atom stereocenters. The number of nitrogens with zero attached hydrogens (tertiary/aromatic N) is 2. The Hall–Kier alpha value is -5.38. The van der Waals surface area contributed by atoms with Crippen LogP contribution in [-0.2, 0) is 0 Å². The molecule has 188 valence electrons. The zero-order chi connectivity index (χ0) is 25.9. The van der Waals surface area contributed by atoms with Gasteiger partial charge < -0.3 is 29.6 Å². The molecule has 0 aliphatic carbocycles. The third-order valence-electron chi connectivity index (χ3n) is 5.80. The molecule has 0 bridgehead atoms. The number of amides is 2. The van der Waals surface area contributed by atoms with Gasteiger partial charge in [-0.05, 0) is 66.7 Å². The van der Waals surface area contributed by atoms with E-state index in [1.165, 1.54) is 0 Å². The van der Waals surface area contributed by atoms with Crippen LogP contribution in [0.1, 0.15) is 20.7 Å². The van der Waals surface area contributed by atoms with Gasteiger partial charge in [0.2, 0.25) is 13.6 Å². The molecular weight excluding hydrogens is 488 g/mol. The number of anilines is 2. The fourth-order valence-corrected chi connectivity index (χ4v) is 3.88. The molecule has 0 fully saturated rings. The van der Waals surface area contributed by atoms with Gasteiger partial charge in [-0.2, -0.15) is 5.11 Å². The zero-order valence-electron chi connectivity index (χ0n) is 19.8. The Morgan fingerprint density at radius 1 is 0.605 bits per heavy atom. The largest absolute Gasteiger partial charge is 0.454 e. The highest BCUT2D eigenvalue weighted by Crippen LogP contribution is 2.35. The molecule has 6 rings (SSSR count). The van der Waals surface area contributed by atoms with Gasteiger partial charge in [0, 0.05) is 16.8 Å². The molecule has 0 saturated heterocycles. The van der Waals surface area contributed by atoms with E-state index in [-0.39, 0.29) is 19.5 Å². The van der Waals surface area contributed by atoms with Crippen molar-refractivity contribution in [2.75, 3.05) is 24.2 Å². The van der Waals surface area contributed by atoms with Crippen LogP contribution in [0, 0.1) is 0 Å². The number of nitrogens with one attached hydrogen (secondary N) is 2. The van der Waals surface area contributed by atoms with Crippen LogP contribution < -0.4 is 29.6 Å². The van der Waals surface area contributed by atoms with Crippen molar-refractivity contribution in [2.24, 2.45) is 10.2 Å². The summed E-state index contributed by atoms with van der Waals surface area (Å²) < 4.78 is 21.4. The van der Waals surface area contributed by atoms with Crippen LogP contribution in [0.5, 0.6) is 23.0 Å². The Morgan fingerprint density at radius 3 is 1.87 bits per heavy atom. The number of fused-ring (bicyclic) bond motifs is 2. The van der Waals surface area contributed by atoms with Crippen molar-refractivity contribution in [1.29, 1.82) is 0 Å². The van der Waals surface area contributed by atoms with Crippen molar-refractivity contribution in [3.63, 3.8) is 0 Å². The van der Waals surface area contributed by atoms with Crippen LogP contribution in [0.2, 0.25) is 0 Å². The summed E-state index contributed by atoms with van der Waals surface area (Å²) >= 11 is 0. The summed E-state index contributed by atoms with van der Waals surface area (Å²) in [6, 6.07) is 24.0. The number of rotatable bonds is 6. The predicted molar refractivity (Wildman–Crippen MR) is 138 cm³/mol. The van der Waals surface area contributed by atoms with E-state index in [1.54, 1.807) is 54.6 Å². The first kappa shape index (κ1) is 23.0. The van der Waals surface area contributed by atoms with Gasteiger partial charge in [-0.1, -0.05) is 18.2 Å². The number of ether oxygens (including phenoxy) is 4. The van der Waals surface area contributed by atoms with Crippen LogP contribution in [0.25, 0.3) is 0 Å². The summed E-state index contributed by atoms with van der Waals surface area (Å²) in [5.41, 5.74) is 2.64. The molecule has 38 heavy (non-hydrogen) atoms. The maximum atomic E-state index is 13.1. The molecule has 4 aromatic carbocycles. The third-order valence-corrected chi connectivity index (χ3v) is 5.80. The number of azo groups is 1. The molecule has 10 heteroatoms. The molecule has 2 aliphatic rings. The van der Waals surface area contributed by atoms with Crippen molar-refractivity contribution in [3.8, 4) is 23.0 Å². The van der Waals surface area contributed by atoms with Crippen LogP contribution in [-0.4, -0.2) is 25.4 Å². The molecule has 2 heterocycles. The summed E-state index contributed by atoms with van der Waals surface area (Å²) in [4.78, 5) is 26.0. The molecule has 0 radical (unpaired) electrons. The molecule has 2 aliphatic heterocycles. The number of hydrogen-bond donors (Lipinski definition) is 2. The Kier molecular flexibility index (Phi) is 6.03. The molecule has 0 spiro atoms. The average molecular weight is 508 g/mol. The Balaban J connectivity index is 1.27. The minimum Gasteiger partial charge on any atom is -0.454 e. The van der Waals surface area contributed by atoms with Crippen molar-refractivity contribution in [1.82, 2.24) is 0 Å². The van der Waals surface area contributed by atoms with Crippen molar-refractivity contribution < 1.29 is 28.5 Å². The summed E-state index contributed by atoms with van der Waals surface area (Å²) in [5, 5.41) is 14.3. The molecule has 2 amide bonds. The second kappa shape index (κ2) is 9.94. The number of benzene rings is 4. The third kappa shape index (κ3) is 4.82. The van der Waals surface area contributed by atoms with Gasteiger partial charge in [0.1, 0.15) is 5.69 Å². The maximum Gasteiger partial charge on any atom is 0.255 e. The Morgan fingerprint density at radius 2 is 1.21 bits per heavy atom. The van der Waals surface area contributed by atoms with Crippen molar-refractivity contribution in [3.05, 3.63) is 96.1 Å². The Bertz CT molecular complexity index is 1570. The first-order chi connectivity index (χ1) is 18.6. The minimum atomic E-state index is -0.390. The fraction of sp³-hybridized carbons (Fsp3) is 0.0714. The first-order valence-electron chi connectivity index (χ1n) is 11.7. The monoisotopic (exact) mass is 508 g/mol. The van der Waals surface area contributed by atoms with Gasteiger partial charge in [0.25, 0.3) is 11.8 Å². The van der Waals surface area contributed by atoms with Crippen LogP contribution in [0.3, 0.4) is 0 Å². The number of carbonyl (C=O) groups excluding carboxylic acids is 2. The lowest BCUT2D eigenvalue weighted by Gasteiger charge is -2.12. The second-order valence-electron chi connectivity index (χ2n) is 8.31. The quantitative estimate of drug-likeness (QED) is 0.305. The highest BCUT2D eigenvalue weighted by molar-refractivity contribution is 6.08. The van der Waals surface area contributed by atoms with Crippen LogP contribution >= 0.6 is 0 Å². The summed E-state index contributed by atoms with van der Waals surface area (Å²) in [6.07, 6.45) is 0. The lowest BCUT2D eigenvalue weighted by atomic mass is 10.1. The number of hydrogen-bond acceptors (Lipinski definition) is 8. The van der Waals surface area contributed by atoms with E-state index in [0.717, 1.165) is 0 Å². The average Bonchev–Trinajstić information content (AvgIpc) is 3.62. The van der Waals surface area contributed by atoms with E-state index in [4.69, 9.17) is 18.9 Å². The van der Waals surface area contributed by atoms with Crippen molar-refractivity contribution in [2.45, 2.75) is 0 Å². The summed E-state index contributed by atoms with van der Waals surface area (Å²) in [7, 11) is 0. The molecule has 2 N–H and O–H groups in total. The maximum absolute atomic E-state index is 13.1. The normalized spacial score (nSPS) is 12.9. The predicted octanol–water partition coefficient (Wildman–Crippen LogP) is 6.06. The molecule has 0 saturated carbocycles. The topological polar surface area (TPSA) is 120 Å². The van der Waals surface area contributed by atoms with E-state index in [9.17, 15) is 9.59 Å². The highest BCUT2D eigenvalue weighted by Gasteiger charge is 2.19. The van der Waals surface area contributed by atoms with Crippen molar-refractivity contribution >= 4 is 34.6 Å². The Labute approximate surface area is 216 Å². The van der Waals surface area contributed by atoms with Gasteiger partial charge in [0.15, 0.2) is 23.0 Å². The summed E-state index contributed by atoms with van der Waals surface area (Å²) in [5.74, 6) is 1.42. The molecule has 0 unspecified atom stereocenters. The molecular formula is C28H20N4O6. The fourth-order valence-electron chi connectivity index (χ4n) is 3.88. The molecule has 0 aromatic heterocycles. The van der Waals surface area contributed by atoms with E-state index in [1.807, 2.05) is 30.3 Å².